The number of hydrogen-bond donors (Lipinski definition) is 0. The predicted molar refractivity (Wildman–Crippen MR) is 106 cm³/mol. The number of likely N-dealkylation sites (tertiary alicyclic amines) is 1. The van der Waals surface area contributed by atoms with Crippen LogP contribution in [0.3, 0.4) is 0 Å². The van der Waals surface area contributed by atoms with Crippen molar-refractivity contribution in [3.8, 4) is 0 Å². The molecule has 1 spiro atoms. The predicted octanol–water partition coefficient (Wildman–Crippen LogP) is 3.80. The van der Waals surface area contributed by atoms with Crippen LogP contribution < -0.4 is 4.90 Å². The summed E-state index contributed by atoms with van der Waals surface area (Å²) in [5.41, 5.74) is 0.812. The second-order valence-corrected chi connectivity index (χ2v) is 7.86. The van der Waals surface area contributed by atoms with E-state index in [0.717, 1.165) is 31.4 Å². The molecule has 2 aromatic carbocycles. The van der Waals surface area contributed by atoms with E-state index < -0.39 is 5.41 Å². The lowest BCUT2D eigenvalue weighted by atomic mass is 9.72. The Morgan fingerprint density at radius 1 is 0.964 bits per heavy atom. The first-order valence-corrected chi connectivity index (χ1v) is 9.97. The summed E-state index contributed by atoms with van der Waals surface area (Å²) in [5, 5.41) is 0. The molecule has 2 aliphatic heterocycles. The number of rotatable bonds is 3. The van der Waals surface area contributed by atoms with Gasteiger partial charge in [-0.3, -0.25) is 9.59 Å². The van der Waals surface area contributed by atoms with Crippen molar-refractivity contribution in [1.29, 1.82) is 0 Å². The van der Waals surface area contributed by atoms with E-state index in [1.165, 1.54) is 6.07 Å². The van der Waals surface area contributed by atoms with Crippen molar-refractivity contribution in [3.05, 3.63) is 66.0 Å². The highest BCUT2D eigenvalue weighted by atomic mass is 19.1. The third-order valence-corrected chi connectivity index (χ3v) is 6.03. The van der Waals surface area contributed by atoms with Crippen LogP contribution in [0.4, 0.5) is 10.1 Å². The zero-order valence-electron chi connectivity index (χ0n) is 15.9. The molecule has 146 valence electrons. The summed E-state index contributed by atoms with van der Waals surface area (Å²) in [6, 6.07) is 16.1. The molecule has 2 amide bonds. The number of para-hydroxylation sites is 1. The highest BCUT2D eigenvalue weighted by molar-refractivity contribution is 5.99. The lowest BCUT2D eigenvalue weighted by molar-refractivity contribution is -0.141. The van der Waals surface area contributed by atoms with Crippen LogP contribution in [0.5, 0.6) is 0 Å². The molecule has 0 aromatic heterocycles. The van der Waals surface area contributed by atoms with Crippen LogP contribution in [-0.2, 0) is 16.0 Å². The Morgan fingerprint density at radius 3 is 2.39 bits per heavy atom. The minimum absolute atomic E-state index is 0.0410. The number of amides is 2. The lowest BCUT2D eigenvalue weighted by Crippen LogP contribution is -2.57. The maximum atomic E-state index is 13.9. The van der Waals surface area contributed by atoms with Crippen LogP contribution in [0.2, 0.25) is 0 Å². The standard InChI is InChI=1S/C23H25FN2O2/c24-20-11-5-4-8-18(20)16-21(27)25-14-6-12-23(17-25)13-7-15-26(22(23)28)19-9-2-1-3-10-19/h1-5,8-11H,6-7,12-17H2. The van der Waals surface area contributed by atoms with Gasteiger partial charge in [0.2, 0.25) is 11.8 Å². The normalized spacial score (nSPS) is 22.5. The minimum atomic E-state index is -0.517. The summed E-state index contributed by atoms with van der Waals surface area (Å²) >= 11 is 0. The number of nitrogens with zero attached hydrogens (tertiary/aromatic N) is 2. The van der Waals surface area contributed by atoms with Crippen LogP contribution in [0, 0.1) is 11.2 Å². The van der Waals surface area contributed by atoms with Crippen molar-refractivity contribution in [2.45, 2.75) is 32.1 Å². The topological polar surface area (TPSA) is 40.6 Å². The minimum Gasteiger partial charge on any atom is -0.341 e. The quantitative estimate of drug-likeness (QED) is 0.813. The number of piperidine rings is 2. The van der Waals surface area contributed by atoms with Crippen LogP contribution in [0.1, 0.15) is 31.2 Å². The Bertz CT molecular complexity index is 866. The molecule has 0 bridgehead atoms. The second-order valence-electron chi connectivity index (χ2n) is 7.86. The molecule has 0 saturated carbocycles. The molecule has 2 aliphatic rings. The summed E-state index contributed by atoms with van der Waals surface area (Å²) in [6.45, 7) is 1.78. The maximum absolute atomic E-state index is 13.9. The van der Waals surface area contributed by atoms with Gasteiger partial charge in [0.05, 0.1) is 11.8 Å². The van der Waals surface area contributed by atoms with Gasteiger partial charge >= 0.3 is 0 Å². The first kappa shape index (κ1) is 18.7. The maximum Gasteiger partial charge on any atom is 0.234 e. The molecule has 1 unspecified atom stereocenters. The number of anilines is 1. The summed E-state index contributed by atoms with van der Waals surface area (Å²) in [4.78, 5) is 29.9. The van der Waals surface area contributed by atoms with E-state index in [1.807, 2.05) is 35.2 Å². The summed E-state index contributed by atoms with van der Waals surface area (Å²) < 4.78 is 13.9. The first-order chi connectivity index (χ1) is 13.6. The monoisotopic (exact) mass is 380 g/mol. The van der Waals surface area contributed by atoms with E-state index in [2.05, 4.69) is 0 Å². The number of halogens is 1. The van der Waals surface area contributed by atoms with Crippen LogP contribution in [-0.4, -0.2) is 36.3 Å². The van der Waals surface area contributed by atoms with Crippen molar-refractivity contribution in [2.24, 2.45) is 5.41 Å². The third kappa shape index (κ3) is 3.53. The molecule has 4 rings (SSSR count). The lowest BCUT2D eigenvalue weighted by Gasteiger charge is -2.47. The van der Waals surface area contributed by atoms with E-state index in [9.17, 15) is 14.0 Å². The summed E-state index contributed by atoms with van der Waals surface area (Å²) in [6.07, 6.45) is 3.38. The third-order valence-electron chi connectivity index (χ3n) is 6.03. The number of carbonyl (C=O) groups excluding carboxylic acids is 2. The molecular weight excluding hydrogens is 355 g/mol. The van der Waals surface area contributed by atoms with Crippen molar-refractivity contribution in [3.63, 3.8) is 0 Å². The van der Waals surface area contributed by atoms with Crippen LogP contribution in [0.15, 0.2) is 54.6 Å². The van der Waals surface area contributed by atoms with Gasteiger partial charge in [0.1, 0.15) is 5.82 Å². The van der Waals surface area contributed by atoms with Crippen LogP contribution >= 0.6 is 0 Å². The first-order valence-electron chi connectivity index (χ1n) is 9.97. The Hall–Kier alpha value is -2.69. The average molecular weight is 380 g/mol. The Labute approximate surface area is 164 Å². The van der Waals surface area contributed by atoms with Gasteiger partial charge in [-0.15, -0.1) is 0 Å². The Morgan fingerprint density at radius 2 is 1.64 bits per heavy atom. The SMILES string of the molecule is O=C(Cc1ccccc1F)N1CCCC2(CCCN(c3ccccc3)C2=O)C1. The molecule has 0 aliphatic carbocycles. The van der Waals surface area contributed by atoms with Gasteiger partial charge in [-0.1, -0.05) is 36.4 Å². The van der Waals surface area contributed by atoms with E-state index in [0.29, 0.717) is 25.2 Å². The smallest absolute Gasteiger partial charge is 0.234 e. The van der Waals surface area contributed by atoms with Crippen molar-refractivity contribution < 1.29 is 14.0 Å². The van der Waals surface area contributed by atoms with Gasteiger partial charge in [0.25, 0.3) is 0 Å². The fourth-order valence-electron chi connectivity index (χ4n) is 4.56. The van der Waals surface area contributed by atoms with Crippen LogP contribution in [0.25, 0.3) is 0 Å². The fraction of sp³-hybridized carbons (Fsp3) is 0.391. The van der Waals surface area contributed by atoms with E-state index >= 15 is 0 Å². The fourth-order valence-corrected chi connectivity index (χ4v) is 4.56. The van der Waals surface area contributed by atoms with E-state index in [-0.39, 0.29) is 24.1 Å². The molecular formula is C23H25FN2O2. The highest BCUT2D eigenvalue weighted by Crippen LogP contribution is 2.41. The molecule has 2 aromatic rings. The summed E-state index contributed by atoms with van der Waals surface area (Å²) in [7, 11) is 0. The molecule has 0 N–H and O–H groups in total. The largest absolute Gasteiger partial charge is 0.341 e. The number of hydrogen-bond acceptors (Lipinski definition) is 2. The van der Waals surface area contributed by atoms with Gasteiger partial charge in [-0.2, -0.15) is 0 Å². The molecule has 2 heterocycles. The van der Waals surface area contributed by atoms with Gasteiger partial charge in [0.15, 0.2) is 0 Å². The number of carbonyl (C=O) groups is 2. The van der Waals surface area contributed by atoms with Gasteiger partial charge in [-0.25, -0.2) is 4.39 Å². The van der Waals surface area contributed by atoms with E-state index in [4.69, 9.17) is 0 Å². The molecule has 5 heteroatoms. The molecule has 4 nitrogen and oxygen atoms in total. The molecule has 1 atom stereocenters. The summed E-state index contributed by atoms with van der Waals surface area (Å²) in [5.74, 6) is -0.339. The van der Waals surface area contributed by atoms with Crippen molar-refractivity contribution >= 4 is 17.5 Å². The van der Waals surface area contributed by atoms with Gasteiger partial charge in [0, 0.05) is 25.3 Å². The molecule has 0 radical (unpaired) electrons. The Kier molecular flexibility index (Phi) is 5.16. The number of benzene rings is 2. The van der Waals surface area contributed by atoms with Gasteiger partial charge in [-0.05, 0) is 49.4 Å². The van der Waals surface area contributed by atoms with Crippen molar-refractivity contribution in [2.75, 3.05) is 24.5 Å². The average Bonchev–Trinajstić information content (AvgIpc) is 2.73. The Balaban J connectivity index is 1.51. The highest BCUT2D eigenvalue weighted by Gasteiger charge is 2.47. The van der Waals surface area contributed by atoms with Crippen molar-refractivity contribution in [1.82, 2.24) is 4.90 Å². The molecule has 28 heavy (non-hydrogen) atoms. The zero-order valence-corrected chi connectivity index (χ0v) is 15.9. The molecule has 2 saturated heterocycles. The van der Waals surface area contributed by atoms with E-state index in [1.54, 1.807) is 23.1 Å². The zero-order chi connectivity index (χ0) is 19.6. The van der Waals surface area contributed by atoms with Gasteiger partial charge < -0.3 is 9.80 Å². The second kappa shape index (κ2) is 7.74. The molecule has 2 fully saturated rings.